The first kappa shape index (κ1) is 12.5. The SMILES string of the molecule is CCn1nc(C(F)(F)F)cc1C(=O)N=C=S. The van der Waals surface area contributed by atoms with E-state index < -0.39 is 17.8 Å². The molecule has 0 spiro atoms. The highest BCUT2D eigenvalue weighted by Gasteiger charge is 2.35. The van der Waals surface area contributed by atoms with Gasteiger partial charge in [0.2, 0.25) is 0 Å². The molecule has 1 heterocycles. The first-order valence-electron chi connectivity index (χ1n) is 4.17. The lowest BCUT2D eigenvalue weighted by molar-refractivity contribution is -0.141. The van der Waals surface area contributed by atoms with Crippen LogP contribution in [0.4, 0.5) is 13.2 Å². The van der Waals surface area contributed by atoms with Crippen molar-refractivity contribution < 1.29 is 18.0 Å². The van der Waals surface area contributed by atoms with Crippen molar-refractivity contribution in [3.63, 3.8) is 0 Å². The lowest BCUT2D eigenvalue weighted by Gasteiger charge is -2.00. The number of rotatable bonds is 2. The fourth-order valence-electron chi connectivity index (χ4n) is 1.07. The van der Waals surface area contributed by atoms with E-state index in [0.717, 1.165) is 4.68 Å². The molecule has 0 fully saturated rings. The van der Waals surface area contributed by atoms with Crippen molar-refractivity contribution in [2.45, 2.75) is 19.6 Å². The Hall–Kier alpha value is -1.53. The smallest absolute Gasteiger partial charge is 0.264 e. The fraction of sp³-hybridized carbons (Fsp3) is 0.375. The van der Waals surface area contributed by atoms with E-state index in [9.17, 15) is 18.0 Å². The molecule has 0 unspecified atom stereocenters. The van der Waals surface area contributed by atoms with Gasteiger partial charge in [0.1, 0.15) is 5.69 Å². The zero-order valence-electron chi connectivity index (χ0n) is 8.08. The number of aryl methyl sites for hydroxylation is 1. The predicted molar refractivity (Wildman–Crippen MR) is 52.3 cm³/mol. The molecule has 16 heavy (non-hydrogen) atoms. The number of hydrogen-bond donors (Lipinski definition) is 0. The van der Waals surface area contributed by atoms with Gasteiger partial charge in [0.25, 0.3) is 0 Å². The van der Waals surface area contributed by atoms with Crippen LogP contribution in [0.15, 0.2) is 11.1 Å². The van der Waals surface area contributed by atoms with Crippen LogP contribution in [0.2, 0.25) is 0 Å². The number of alkyl halides is 3. The quantitative estimate of drug-likeness (QED) is 0.596. The number of isothiocyanates is 1. The van der Waals surface area contributed by atoms with Gasteiger partial charge in [0.15, 0.2) is 5.69 Å². The summed E-state index contributed by atoms with van der Waals surface area (Å²) in [6, 6.07) is 0.641. The number of aromatic nitrogens is 2. The molecule has 1 rings (SSSR count). The highest BCUT2D eigenvalue weighted by Crippen LogP contribution is 2.28. The van der Waals surface area contributed by atoms with E-state index in [1.165, 1.54) is 0 Å². The van der Waals surface area contributed by atoms with E-state index in [1.54, 1.807) is 12.1 Å². The Balaban J connectivity index is 3.24. The first-order chi connectivity index (χ1) is 7.40. The van der Waals surface area contributed by atoms with Gasteiger partial charge in [-0.3, -0.25) is 9.48 Å². The van der Waals surface area contributed by atoms with Crippen LogP contribution in [0.3, 0.4) is 0 Å². The average Bonchev–Trinajstić information content (AvgIpc) is 2.61. The third-order valence-electron chi connectivity index (χ3n) is 1.74. The molecular formula is C8H6F3N3OS. The van der Waals surface area contributed by atoms with Crippen LogP contribution in [0.5, 0.6) is 0 Å². The number of carbonyl (C=O) groups excluding carboxylic acids is 1. The summed E-state index contributed by atoms with van der Waals surface area (Å²) in [5, 5.41) is 5.05. The van der Waals surface area contributed by atoms with Gasteiger partial charge in [-0.15, -0.1) is 0 Å². The standard InChI is InChI=1S/C8H6F3N3OS/c1-2-14-5(7(15)12-4-16)3-6(13-14)8(9,10)11/h3H,2H2,1H3. The van der Waals surface area contributed by atoms with E-state index in [4.69, 9.17) is 0 Å². The lowest BCUT2D eigenvalue weighted by Crippen LogP contribution is -2.09. The van der Waals surface area contributed by atoms with Crippen molar-refractivity contribution >= 4 is 23.3 Å². The molecule has 0 aliphatic heterocycles. The second-order valence-corrected chi connectivity index (χ2v) is 2.92. The van der Waals surface area contributed by atoms with Gasteiger partial charge in [-0.2, -0.15) is 23.3 Å². The molecule has 0 radical (unpaired) electrons. The molecule has 0 aromatic carbocycles. The largest absolute Gasteiger partial charge is 0.435 e. The number of halogens is 3. The minimum Gasteiger partial charge on any atom is -0.264 e. The molecule has 0 saturated carbocycles. The van der Waals surface area contributed by atoms with Gasteiger partial charge in [-0.25, -0.2) is 0 Å². The summed E-state index contributed by atoms with van der Waals surface area (Å²) in [4.78, 5) is 14.3. The van der Waals surface area contributed by atoms with Gasteiger partial charge in [-0.1, -0.05) is 0 Å². The molecule has 8 heteroatoms. The summed E-state index contributed by atoms with van der Waals surface area (Å²) >= 11 is 4.20. The minimum absolute atomic E-state index is 0.129. The zero-order chi connectivity index (χ0) is 12.3. The lowest BCUT2D eigenvalue weighted by atomic mass is 10.3. The molecule has 0 N–H and O–H groups in total. The van der Waals surface area contributed by atoms with Crippen molar-refractivity contribution in [1.82, 2.24) is 9.78 Å². The molecular weight excluding hydrogens is 243 g/mol. The number of amides is 1. The molecule has 0 bridgehead atoms. The molecule has 4 nitrogen and oxygen atoms in total. The summed E-state index contributed by atoms with van der Waals surface area (Å²) in [6.07, 6.45) is -4.59. The Bertz CT molecular complexity index is 460. The molecule has 0 aliphatic rings. The highest BCUT2D eigenvalue weighted by atomic mass is 32.1. The molecule has 0 aliphatic carbocycles. The maximum atomic E-state index is 12.3. The van der Waals surface area contributed by atoms with Crippen molar-refractivity contribution in [2.24, 2.45) is 4.99 Å². The fourth-order valence-corrected chi connectivity index (χ4v) is 1.15. The van der Waals surface area contributed by atoms with Crippen molar-refractivity contribution in [3.05, 3.63) is 17.5 Å². The summed E-state index contributed by atoms with van der Waals surface area (Å²) in [5.41, 5.74) is -1.38. The Labute approximate surface area is 93.8 Å². The normalized spacial score (nSPS) is 11.0. The molecule has 1 amide bonds. The van der Waals surface area contributed by atoms with Gasteiger partial charge >= 0.3 is 12.1 Å². The Morgan fingerprint density at radius 2 is 2.31 bits per heavy atom. The Morgan fingerprint density at radius 3 is 2.75 bits per heavy atom. The van der Waals surface area contributed by atoms with Crippen LogP contribution in [0.25, 0.3) is 0 Å². The third kappa shape index (κ3) is 2.53. The zero-order valence-corrected chi connectivity index (χ0v) is 8.89. The molecule has 1 aromatic rings. The van der Waals surface area contributed by atoms with E-state index >= 15 is 0 Å². The maximum Gasteiger partial charge on any atom is 0.435 e. The highest BCUT2D eigenvalue weighted by molar-refractivity contribution is 7.78. The third-order valence-corrected chi connectivity index (χ3v) is 1.83. The van der Waals surface area contributed by atoms with E-state index in [2.05, 4.69) is 22.3 Å². The van der Waals surface area contributed by atoms with Crippen LogP contribution in [0.1, 0.15) is 23.1 Å². The number of carbonyl (C=O) groups is 1. The van der Waals surface area contributed by atoms with Crippen LogP contribution in [-0.2, 0) is 12.7 Å². The van der Waals surface area contributed by atoms with Crippen LogP contribution < -0.4 is 0 Å². The van der Waals surface area contributed by atoms with Crippen LogP contribution in [0, 0.1) is 0 Å². The van der Waals surface area contributed by atoms with Gasteiger partial charge in [0.05, 0.1) is 5.16 Å². The minimum atomic E-state index is -4.59. The summed E-state index contributed by atoms with van der Waals surface area (Å²) in [6.45, 7) is 1.69. The van der Waals surface area contributed by atoms with E-state index in [1.807, 2.05) is 0 Å². The predicted octanol–water partition coefficient (Wildman–Crippen LogP) is 2.16. The maximum absolute atomic E-state index is 12.3. The van der Waals surface area contributed by atoms with E-state index in [0.29, 0.717) is 6.07 Å². The van der Waals surface area contributed by atoms with Gasteiger partial charge in [-0.05, 0) is 19.1 Å². The molecule has 1 aromatic heterocycles. The molecule has 0 atom stereocenters. The number of nitrogens with zero attached hydrogens (tertiary/aromatic N) is 3. The Morgan fingerprint density at radius 1 is 1.69 bits per heavy atom. The summed E-state index contributed by atoms with van der Waals surface area (Å²) < 4.78 is 37.9. The molecule has 86 valence electrons. The first-order valence-corrected chi connectivity index (χ1v) is 4.58. The van der Waals surface area contributed by atoms with Crippen molar-refractivity contribution in [2.75, 3.05) is 0 Å². The Kier molecular flexibility index (Phi) is 3.56. The van der Waals surface area contributed by atoms with Crippen molar-refractivity contribution in [1.29, 1.82) is 0 Å². The summed E-state index contributed by atoms with van der Waals surface area (Å²) in [7, 11) is 0. The van der Waals surface area contributed by atoms with E-state index in [-0.39, 0.29) is 12.2 Å². The van der Waals surface area contributed by atoms with Gasteiger partial charge < -0.3 is 0 Å². The number of aliphatic imine (C=N–C) groups is 1. The van der Waals surface area contributed by atoms with Gasteiger partial charge in [0, 0.05) is 12.6 Å². The number of hydrogen-bond acceptors (Lipinski definition) is 3. The summed E-state index contributed by atoms with van der Waals surface area (Å²) in [5.74, 6) is -0.889. The second kappa shape index (κ2) is 4.54. The van der Waals surface area contributed by atoms with Crippen molar-refractivity contribution in [3.8, 4) is 0 Å². The molecule has 0 saturated heterocycles. The topological polar surface area (TPSA) is 47.2 Å². The van der Waals surface area contributed by atoms with Crippen LogP contribution in [-0.4, -0.2) is 20.8 Å². The number of thiocarbonyl (C=S) groups is 1. The van der Waals surface area contributed by atoms with Crippen LogP contribution >= 0.6 is 12.2 Å². The second-order valence-electron chi connectivity index (χ2n) is 2.74. The average molecular weight is 249 g/mol. The monoisotopic (exact) mass is 249 g/mol.